The fourth-order valence-corrected chi connectivity index (χ4v) is 4.34. The summed E-state index contributed by atoms with van der Waals surface area (Å²) in [6.45, 7) is 6.49. The van der Waals surface area contributed by atoms with E-state index < -0.39 is 0 Å². The summed E-state index contributed by atoms with van der Waals surface area (Å²) < 4.78 is 25.8. The van der Waals surface area contributed by atoms with Gasteiger partial charge in [-0.05, 0) is 45.0 Å². The van der Waals surface area contributed by atoms with Gasteiger partial charge < -0.3 is 18.9 Å². The standard InChI is InChI=1S/C28H30N4O5/c1-4-34-26(33)13-22-27-28(30-16-29-22)32(17-31-27)25-14-23(36-21-11-7-19(3)8-12-21)24(37-25)15-35-20-9-5-18(2)6-10-20/h5-12,16-17,23-25H,4,13-15H2,1-3H3/t23-,24+,25+/m0/s1. The Morgan fingerprint density at radius 3 is 2.41 bits per heavy atom. The van der Waals surface area contributed by atoms with Crippen molar-refractivity contribution in [3.8, 4) is 11.5 Å². The van der Waals surface area contributed by atoms with E-state index in [1.807, 2.05) is 66.9 Å². The lowest BCUT2D eigenvalue weighted by molar-refractivity contribution is -0.142. The molecule has 3 heterocycles. The SMILES string of the molecule is CCOC(=O)Cc1ncnc2c1ncn2[C@H]1C[C@H](Oc2ccc(C)cc2)[C@@H](COc2ccc(C)cc2)O1. The van der Waals surface area contributed by atoms with Crippen LogP contribution in [0.2, 0.25) is 0 Å². The molecule has 1 fully saturated rings. The molecular formula is C28H30N4O5. The Labute approximate surface area is 215 Å². The van der Waals surface area contributed by atoms with Crippen molar-refractivity contribution < 1.29 is 23.7 Å². The number of carbonyl (C=O) groups is 1. The molecule has 2 aromatic heterocycles. The number of nitrogens with zero attached hydrogens (tertiary/aromatic N) is 4. The molecular weight excluding hydrogens is 472 g/mol. The van der Waals surface area contributed by atoms with Crippen molar-refractivity contribution in [1.82, 2.24) is 19.5 Å². The number of fused-ring (bicyclic) bond motifs is 1. The molecule has 1 saturated heterocycles. The lowest BCUT2D eigenvalue weighted by Crippen LogP contribution is -2.32. The summed E-state index contributed by atoms with van der Waals surface area (Å²) in [5, 5.41) is 0. The molecule has 0 N–H and O–H groups in total. The molecule has 192 valence electrons. The molecule has 0 bridgehead atoms. The van der Waals surface area contributed by atoms with Crippen LogP contribution in [-0.4, -0.2) is 50.9 Å². The highest BCUT2D eigenvalue weighted by atomic mass is 16.6. The maximum absolute atomic E-state index is 12.0. The first kappa shape index (κ1) is 24.7. The molecule has 37 heavy (non-hydrogen) atoms. The van der Waals surface area contributed by atoms with Crippen LogP contribution in [0.5, 0.6) is 11.5 Å². The monoisotopic (exact) mass is 502 g/mol. The number of hydrogen-bond donors (Lipinski definition) is 0. The topological polar surface area (TPSA) is 97.6 Å². The minimum Gasteiger partial charge on any atom is -0.491 e. The quantitative estimate of drug-likeness (QED) is 0.312. The molecule has 1 aliphatic heterocycles. The van der Waals surface area contributed by atoms with Crippen LogP contribution in [0.25, 0.3) is 11.2 Å². The molecule has 0 radical (unpaired) electrons. The predicted octanol–water partition coefficient (Wildman–Crippen LogP) is 4.36. The van der Waals surface area contributed by atoms with E-state index in [1.165, 1.54) is 11.9 Å². The van der Waals surface area contributed by atoms with Crippen molar-refractivity contribution in [1.29, 1.82) is 0 Å². The molecule has 0 saturated carbocycles. The van der Waals surface area contributed by atoms with Gasteiger partial charge in [0, 0.05) is 6.42 Å². The fourth-order valence-electron chi connectivity index (χ4n) is 4.34. The van der Waals surface area contributed by atoms with E-state index in [0.717, 1.165) is 17.1 Å². The van der Waals surface area contributed by atoms with E-state index in [2.05, 4.69) is 15.0 Å². The molecule has 0 spiro atoms. The van der Waals surface area contributed by atoms with Gasteiger partial charge in [0.15, 0.2) is 5.65 Å². The lowest BCUT2D eigenvalue weighted by Gasteiger charge is -2.20. The van der Waals surface area contributed by atoms with Crippen molar-refractivity contribution in [2.75, 3.05) is 13.2 Å². The molecule has 3 atom stereocenters. The van der Waals surface area contributed by atoms with Crippen LogP contribution in [0.15, 0.2) is 61.2 Å². The van der Waals surface area contributed by atoms with Crippen LogP contribution in [0.3, 0.4) is 0 Å². The molecule has 0 unspecified atom stereocenters. The Morgan fingerprint density at radius 2 is 1.70 bits per heavy atom. The van der Waals surface area contributed by atoms with E-state index in [4.69, 9.17) is 18.9 Å². The lowest BCUT2D eigenvalue weighted by atomic mass is 10.1. The third kappa shape index (κ3) is 5.72. The van der Waals surface area contributed by atoms with Crippen LogP contribution >= 0.6 is 0 Å². The molecule has 2 aromatic carbocycles. The van der Waals surface area contributed by atoms with Gasteiger partial charge in [0.25, 0.3) is 0 Å². The minimum absolute atomic E-state index is 0.0293. The molecule has 4 aromatic rings. The van der Waals surface area contributed by atoms with Crippen LogP contribution < -0.4 is 9.47 Å². The summed E-state index contributed by atoms with van der Waals surface area (Å²) in [7, 11) is 0. The molecule has 1 aliphatic rings. The van der Waals surface area contributed by atoms with E-state index in [0.29, 0.717) is 36.5 Å². The molecule has 0 amide bonds. The van der Waals surface area contributed by atoms with Gasteiger partial charge in [0.1, 0.15) is 48.4 Å². The number of ether oxygens (including phenoxy) is 4. The summed E-state index contributed by atoms with van der Waals surface area (Å²) >= 11 is 0. The van der Waals surface area contributed by atoms with Gasteiger partial charge in [-0.25, -0.2) is 15.0 Å². The summed E-state index contributed by atoms with van der Waals surface area (Å²) in [5.41, 5.74) is 3.99. The summed E-state index contributed by atoms with van der Waals surface area (Å²) in [4.78, 5) is 25.2. The fraction of sp³-hybridized carbons (Fsp3) is 0.357. The van der Waals surface area contributed by atoms with E-state index in [9.17, 15) is 4.79 Å². The van der Waals surface area contributed by atoms with Crippen molar-refractivity contribution in [2.24, 2.45) is 0 Å². The summed E-state index contributed by atoms with van der Waals surface area (Å²) in [5.74, 6) is 1.19. The highest BCUT2D eigenvalue weighted by Crippen LogP contribution is 2.34. The zero-order valence-electron chi connectivity index (χ0n) is 21.2. The zero-order valence-corrected chi connectivity index (χ0v) is 21.2. The van der Waals surface area contributed by atoms with E-state index in [1.54, 1.807) is 13.3 Å². The second-order valence-electron chi connectivity index (χ2n) is 9.08. The normalized spacial score (nSPS) is 19.2. The Kier molecular flexibility index (Phi) is 7.32. The second kappa shape index (κ2) is 11.0. The third-order valence-corrected chi connectivity index (χ3v) is 6.29. The highest BCUT2D eigenvalue weighted by Gasteiger charge is 2.39. The van der Waals surface area contributed by atoms with Crippen molar-refractivity contribution in [2.45, 2.75) is 52.0 Å². The first-order valence-corrected chi connectivity index (χ1v) is 12.4. The Balaban J connectivity index is 1.37. The van der Waals surface area contributed by atoms with Gasteiger partial charge in [0.2, 0.25) is 0 Å². The van der Waals surface area contributed by atoms with Crippen molar-refractivity contribution >= 4 is 17.1 Å². The van der Waals surface area contributed by atoms with Gasteiger partial charge in [-0.1, -0.05) is 35.4 Å². The summed E-state index contributed by atoms with van der Waals surface area (Å²) in [6.07, 6.45) is 2.74. The average Bonchev–Trinajstić information content (AvgIpc) is 3.50. The number of benzene rings is 2. The first-order chi connectivity index (χ1) is 18.0. The van der Waals surface area contributed by atoms with Gasteiger partial charge >= 0.3 is 5.97 Å². The van der Waals surface area contributed by atoms with Crippen molar-refractivity contribution in [3.05, 3.63) is 78.0 Å². The maximum Gasteiger partial charge on any atom is 0.311 e. The third-order valence-electron chi connectivity index (χ3n) is 6.29. The Morgan fingerprint density at radius 1 is 1.00 bits per heavy atom. The van der Waals surface area contributed by atoms with Crippen LogP contribution in [0, 0.1) is 13.8 Å². The minimum atomic E-state index is -0.377. The number of aryl methyl sites for hydroxylation is 2. The smallest absolute Gasteiger partial charge is 0.311 e. The first-order valence-electron chi connectivity index (χ1n) is 12.4. The average molecular weight is 503 g/mol. The largest absolute Gasteiger partial charge is 0.491 e. The summed E-state index contributed by atoms with van der Waals surface area (Å²) in [6, 6.07) is 15.9. The van der Waals surface area contributed by atoms with Gasteiger partial charge in [0.05, 0.1) is 25.0 Å². The Hall–Kier alpha value is -3.98. The number of rotatable bonds is 9. The van der Waals surface area contributed by atoms with Crippen LogP contribution in [0.1, 0.15) is 36.4 Å². The maximum atomic E-state index is 12.0. The number of aromatic nitrogens is 4. The van der Waals surface area contributed by atoms with Crippen LogP contribution in [0.4, 0.5) is 0 Å². The highest BCUT2D eigenvalue weighted by molar-refractivity contribution is 5.80. The number of esters is 1. The predicted molar refractivity (Wildman–Crippen MR) is 136 cm³/mol. The second-order valence-corrected chi connectivity index (χ2v) is 9.08. The van der Waals surface area contributed by atoms with Gasteiger partial charge in [-0.2, -0.15) is 0 Å². The van der Waals surface area contributed by atoms with Crippen LogP contribution in [-0.2, 0) is 20.7 Å². The van der Waals surface area contributed by atoms with E-state index >= 15 is 0 Å². The molecule has 0 aliphatic carbocycles. The van der Waals surface area contributed by atoms with E-state index in [-0.39, 0.29) is 30.8 Å². The number of hydrogen-bond acceptors (Lipinski definition) is 8. The molecule has 9 heteroatoms. The number of carbonyl (C=O) groups excluding carboxylic acids is 1. The Bertz CT molecular complexity index is 1350. The molecule has 9 nitrogen and oxygen atoms in total. The number of imidazole rings is 1. The van der Waals surface area contributed by atoms with Gasteiger partial charge in [-0.3, -0.25) is 9.36 Å². The zero-order chi connectivity index (χ0) is 25.8. The van der Waals surface area contributed by atoms with Gasteiger partial charge in [-0.15, -0.1) is 0 Å². The van der Waals surface area contributed by atoms with Crippen molar-refractivity contribution in [3.63, 3.8) is 0 Å². The molecule has 5 rings (SSSR count).